The number of nitrogens with one attached hydrogen (secondary N) is 1. The molecular weight excluding hydrogens is 328 g/mol. The molecule has 0 aliphatic heterocycles. The summed E-state index contributed by atoms with van der Waals surface area (Å²) in [6, 6.07) is 7.81. The normalized spacial score (nSPS) is 11.7. The molecule has 2 aromatic rings. The first-order valence-corrected chi connectivity index (χ1v) is 9.22. The fourth-order valence-electron chi connectivity index (χ4n) is 2.18. The number of rotatable bonds is 7. The number of sulfonamides is 1. The average Bonchev–Trinajstić information content (AvgIpc) is 2.99. The van der Waals surface area contributed by atoms with Crippen LogP contribution in [-0.2, 0) is 10.0 Å². The minimum Gasteiger partial charge on any atom is -0.459 e. The Kier molecular flexibility index (Phi) is 5.80. The number of aryl methyl sites for hydroxylation is 1. The third-order valence-electron chi connectivity index (χ3n) is 3.72. The van der Waals surface area contributed by atoms with Gasteiger partial charge in [0.25, 0.3) is 5.91 Å². The van der Waals surface area contributed by atoms with E-state index in [1.165, 1.54) is 22.7 Å². The van der Waals surface area contributed by atoms with Gasteiger partial charge in [-0.2, -0.15) is 0 Å². The molecule has 6 nitrogen and oxygen atoms in total. The van der Waals surface area contributed by atoms with Crippen molar-refractivity contribution in [1.29, 1.82) is 0 Å². The topological polar surface area (TPSA) is 79.6 Å². The summed E-state index contributed by atoms with van der Waals surface area (Å²) in [6.07, 6.45) is 3.19. The maximum atomic E-state index is 12.4. The van der Waals surface area contributed by atoms with Crippen molar-refractivity contribution in [2.45, 2.75) is 31.6 Å². The van der Waals surface area contributed by atoms with E-state index < -0.39 is 10.0 Å². The molecule has 0 unspecified atom stereocenters. The molecule has 130 valence electrons. The standard InChI is InChI=1S/C17H22N2O4S/c1-4-5-11-19(3)24(21,22)15-8-6-14(7-9-15)18-17(20)16-13(2)10-12-23-16/h6-10,12H,4-5,11H2,1-3H3,(H,18,20). The number of hydrogen-bond donors (Lipinski definition) is 1. The van der Waals surface area contributed by atoms with Gasteiger partial charge in [-0.25, -0.2) is 12.7 Å². The van der Waals surface area contributed by atoms with Crippen molar-refractivity contribution < 1.29 is 17.6 Å². The van der Waals surface area contributed by atoms with E-state index in [1.807, 2.05) is 6.92 Å². The zero-order valence-corrected chi connectivity index (χ0v) is 14.9. The summed E-state index contributed by atoms with van der Waals surface area (Å²) in [5.74, 6) is -0.126. The zero-order chi connectivity index (χ0) is 17.7. The first-order valence-electron chi connectivity index (χ1n) is 7.78. The van der Waals surface area contributed by atoms with Crippen LogP contribution < -0.4 is 5.32 Å². The zero-order valence-electron chi connectivity index (χ0n) is 14.1. The molecule has 1 amide bonds. The van der Waals surface area contributed by atoms with Crippen molar-refractivity contribution in [2.24, 2.45) is 0 Å². The van der Waals surface area contributed by atoms with Crippen LogP contribution in [0.3, 0.4) is 0 Å². The fourth-order valence-corrected chi connectivity index (χ4v) is 3.39. The molecule has 0 spiro atoms. The highest BCUT2D eigenvalue weighted by Crippen LogP contribution is 2.19. The first kappa shape index (κ1) is 18.2. The number of unbranched alkanes of at least 4 members (excludes halogenated alkanes) is 1. The van der Waals surface area contributed by atoms with E-state index >= 15 is 0 Å². The Balaban J connectivity index is 2.10. The van der Waals surface area contributed by atoms with Crippen molar-refractivity contribution in [3.05, 3.63) is 47.9 Å². The van der Waals surface area contributed by atoms with Crippen LogP contribution in [0.25, 0.3) is 0 Å². The molecule has 2 rings (SSSR count). The van der Waals surface area contributed by atoms with E-state index in [1.54, 1.807) is 32.2 Å². The number of carbonyl (C=O) groups excluding carboxylic acids is 1. The van der Waals surface area contributed by atoms with Gasteiger partial charge in [0.05, 0.1) is 11.2 Å². The van der Waals surface area contributed by atoms with Crippen LogP contribution in [0.4, 0.5) is 5.69 Å². The molecule has 0 aliphatic rings. The minimum atomic E-state index is -3.50. The highest BCUT2D eigenvalue weighted by Gasteiger charge is 2.20. The summed E-state index contributed by atoms with van der Waals surface area (Å²) < 4.78 is 31.3. The van der Waals surface area contributed by atoms with Crippen molar-refractivity contribution in [2.75, 3.05) is 18.9 Å². The van der Waals surface area contributed by atoms with E-state index in [0.717, 1.165) is 18.4 Å². The van der Waals surface area contributed by atoms with E-state index in [9.17, 15) is 13.2 Å². The average molecular weight is 350 g/mol. The Hall–Kier alpha value is -2.12. The van der Waals surface area contributed by atoms with Gasteiger partial charge in [-0.1, -0.05) is 13.3 Å². The Morgan fingerprint density at radius 2 is 1.88 bits per heavy atom. The predicted octanol–water partition coefficient (Wildman–Crippen LogP) is 3.26. The Morgan fingerprint density at radius 1 is 1.21 bits per heavy atom. The second-order valence-electron chi connectivity index (χ2n) is 5.59. The summed E-state index contributed by atoms with van der Waals surface area (Å²) in [7, 11) is -1.93. The highest BCUT2D eigenvalue weighted by atomic mass is 32.2. The monoisotopic (exact) mass is 350 g/mol. The lowest BCUT2D eigenvalue weighted by atomic mass is 10.2. The van der Waals surface area contributed by atoms with Gasteiger partial charge in [-0.15, -0.1) is 0 Å². The molecule has 1 heterocycles. The van der Waals surface area contributed by atoms with Gasteiger partial charge in [-0.3, -0.25) is 4.79 Å². The van der Waals surface area contributed by atoms with Gasteiger partial charge >= 0.3 is 0 Å². The number of benzene rings is 1. The number of furan rings is 1. The highest BCUT2D eigenvalue weighted by molar-refractivity contribution is 7.89. The fraction of sp³-hybridized carbons (Fsp3) is 0.353. The summed E-state index contributed by atoms with van der Waals surface area (Å²) in [5, 5.41) is 2.69. The van der Waals surface area contributed by atoms with Gasteiger partial charge in [0, 0.05) is 24.8 Å². The summed E-state index contributed by atoms with van der Waals surface area (Å²) in [6.45, 7) is 4.27. The van der Waals surface area contributed by atoms with Crippen LogP contribution in [0.5, 0.6) is 0 Å². The van der Waals surface area contributed by atoms with Gasteiger partial charge in [0.15, 0.2) is 5.76 Å². The largest absolute Gasteiger partial charge is 0.459 e. The molecule has 1 aromatic heterocycles. The summed E-state index contributed by atoms with van der Waals surface area (Å²) in [4.78, 5) is 12.3. The molecule has 24 heavy (non-hydrogen) atoms. The molecule has 0 aliphatic carbocycles. The van der Waals surface area contributed by atoms with Crippen molar-refractivity contribution in [3.63, 3.8) is 0 Å². The maximum Gasteiger partial charge on any atom is 0.291 e. The summed E-state index contributed by atoms with van der Waals surface area (Å²) >= 11 is 0. The van der Waals surface area contributed by atoms with E-state index in [4.69, 9.17) is 4.42 Å². The lowest BCUT2D eigenvalue weighted by Crippen LogP contribution is -2.27. The molecular formula is C17H22N2O4S. The third-order valence-corrected chi connectivity index (χ3v) is 5.59. The Morgan fingerprint density at radius 3 is 2.42 bits per heavy atom. The molecule has 0 saturated heterocycles. The number of carbonyl (C=O) groups is 1. The van der Waals surface area contributed by atoms with Gasteiger partial charge in [-0.05, 0) is 43.7 Å². The lowest BCUT2D eigenvalue weighted by molar-refractivity contribution is 0.0996. The molecule has 0 saturated carbocycles. The predicted molar refractivity (Wildman–Crippen MR) is 92.6 cm³/mol. The molecule has 1 N–H and O–H groups in total. The SMILES string of the molecule is CCCCN(C)S(=O)(=O)c1ccc(NC(=O)c2occc2C)cc1. The molecule has 0 radical (unpaired) electrons. The molecule has 0 fully saturated rings. The van der Waals surface area contributed by atoms with E-state index in [-0.39, 0.29) is 16.6 Å². The van der Waals surface area contributed by atoms with Crippen molar-refractivity contribution in [1.82, 2.24) is 4.31 Å². The lowest BCUT2D eigenvalue weighted by Gasteiger charge is -2.17. The van der Waals surface area contributed by atoms with Crippen LogP contribution in [0, 0.1) is 6.92 Å². The smallest absolute Gasteiger partial charge is 0.291 e. The van der Waals surface area contributed by atoms with Crippen molar-refractivity contribution >= 4 is 21.6 Å². The molecule has 1 aromatic carbocycles. The third kappa shape index (κ3) is 4.04. The maximum absolute atomic E-state index is 12.4. The molecule has 7 heteroatoms. The van der Waals surface area contributed by atoms with Crippen LogP contribution >= 0.6 is 0 Å². The van der Waals surface area contributed by atoms with Gasteiger partial charge in [0.1, 0.15) is 0 Å². The quantitative estimate of drug-likeness (QED) is 0.831. The Labute approximate surface area is 142 Å². The number of nitrogens with zero attached hydrogens (tertiary/aromatic N) is 1. The molecule has 0 bridgehead atoms. The first-order chi connectivity index (χ1) is 11.4. The van der Waals surface area contributed by atoms with Crippen LogP contribution in [0.1, 0.15) is 35.9 Å². The minimum absolute atomic E-state index is 0.202. The van der Waals surface area contributed by atoms with E-state index in [2.05, 4.69) is 5.32 Å². The van der Waals surface area contributed by atoms with E-state index in [0.29, 0.717) is 12.2 Å². The van der Waals surface area contributed by atoms with Crippen LogP contribution in [0.2, 0.25) is 0 Å². The van der Waals surface area contributed by atoms with Gasteiger partial charge in [0.2, 0.25) is 10.0 Å². The summed E-state index contributed by atoms with van der Waals surface area (Å²) in [5.41, 5.74) is 1.25. The number of amides is 1. The van der Waals surface area contributed by atoms with Crippen LogP contribution in [-0.4, -0.2) is 32.2 Å². The molecule has 0 atom stereocenters. The van der Waals surface area contributed by atoms with Crippen molar-refractivity contribution in [3.8, 4) is 0 Å². The van der Waals surface area contributed by atoms with Gasteiger partial charge < -0.3 is 9.73 Å². The number of anilines is 1. The second-order valence-corrected chi connectivity index (χ2v) is 7.64. The van der Waals surface area contributed by atoms with Crippen LogP contribution in [0.15, 0.2) is 45.9 Å². The number of hydrogen-bond acceptors (Lipinski definition) is 4. The Bertz CT molecular complexity index is 794. The second kappa shape index (κ2) is 7.63.